The third-order valence-electron chi connectivity index (χ3n) is 3.47. The number of aliphatic hydroxyl groups excluding tert-OH is 1. The third-order valence-corrected chi connectivity index (χ3v) is 3.47. The summed E-state index contributed by atoms with van der Waals surface area (Å²) in [6.45, 7) is 0.0627. The Morgan fingerprint density at radius 2 is 1.50 bits per heavy atom. The maximum atomic E-state index is 9.65. The van der Waals surface area contributed by atoms with Gasteiger partial charge in [0.2, 0.25) is 0 Å². The van der Waals surface area contributed by atoms with E-state index < -0.39 is 0 Å². The summed E-state index contributed by atoms with van der Waals surface area (Å²) in [5.74, 6) is 0. The molecule has 0 aliphatic heterocycles. The summed E-state index contributed by atoms with van der Waals surface area (Å²) in [6, 6.07) is 24.4. The Hall–Kier alpha value is -2.32. The van der Waals surface area contributed by atoms with E-state index >= 15 is 0 Å². The van der Waals surface area contributed by atoms with Crippen LogP contribution in [0.4, 0.5) is 5.69 Å². The molecule has 0 saturated carbocycles. The van der Waals surface area contributed by atoms with Crippen molar-refractivity contribution in [3.05, 3.63) is 78.4 Å². The average molecular weight is 263 g/mol. The molecule has 1 unspecified atom stereocenters. The third kappa shape index (κ3) is 2.65. The minimum atomic E-state index is -0.0954. The van der Waals surface area contributed by atoms with Crippen LogP contribution in [0.25, 0.3) is 10.8 Å². The molecule has 0 bridgehead atoms. The molecule has 20 heavy (non-hydrogen) atoms. The van der Waals surface area contributed by atoms with E-state index in [9.17, 15) is 5.11 Å². The van der Waals surface area contributed by atoms with Crippen LogP contribution < -0.4 is 5.32 Å². The Morgan fingerprint density at radius 3 is 2.25 bits per heavy atom. The monoisotopic (exact) mass is 263 g/mol. The first kappa shape index (κ1) is 12.7. The molecule has 3 aromatic rings. The van der Waals surface area contributed by atoms with Gasteiger partial charge in [-0.3, -0.25) is 0 Å². The normalized spacial score (nSPS) is 12.2. The Bertz CT molecular complexity index is 694. The summed E-state index contributed by atoms with van der Waals surface area (Å²) < 4.78 is 0. The molecule has 0 heterocycles. The van der Waals surface area contributed by atoms with E-state index in [-0.39, 0.29) is 12.6 Å². The topological polar surface area (TPSA) is 32.3 Å². The standard InChI is InChI=1S/C18H17NO/c20-13-18(19-17-8-2-1-3-9-17)16-11-10-14-6-4-5-7-15(14)12-16/h1-12,18-20H,13H2. The molecular weight excluding hydrogens is 246 g/mol. The highest BCUT2D eigenvalue weighted by Crippen LogP contribution is 2.23. The second-order valence-corrected chi connectivity index (χ2v) is 4.85. The van der Waals surface area contributed by atoms with Crippen molar-refractivity contribution in [2.75, 3.05) is 11.9 Å². The summed E-state index contributed by atoms with van der Waals surface area (Å²) in [5, 5.41) is 15.4. The number of hydrogen-bond acceptors (Lipinski definition) is 2. The van der Waals surface area contributed by atoms with Gasteiger partial charge in [-0.2, -0.15) is 0 Å². The molecule has 0 fully saturated rings. The molecule has 0 spiro atoms. The molecule has 2 heteroatoms. The smallest absolute Gasteiger partial charge is 0.0745 e. The van der Waals surface area contributed by atoms with E-state index in [2.05, 4.69) is 35.6 Å². The van der Waals surface area contributed by atoms with Crippen LogP contribution >= 0.6 is 0 Å². The summed E-state index contributed by atoms with van der Waals surface area (Å²) in [7, 11) is 0. The number of hydrogen-bond donors (Lipinski definition) is 2. The van der Waals surface area contributed by atoms with Gasteiger partial charge in [0.05, 0.1) is 12.6 Å². The van der Waals surface area contributed by atoms with Gasteiger partial charge in [-0.25, -0.2) is 0 Å². The van der Waals surface area contributed by atoms with Gasteiger partial charge in [-0.1, -0.05) is 54.6 Å². The first-order valence-electron chi connectivity index (χ1n) is 6.78. The van der Waals surface area contributed by atoms with Crippen LogP contribution in [-0.2, 0) is 0 Å². The Balaban J connectivity index is 1.91. The minimum absolute atomic E-state index is 0.0627. The number of anilines is 1. The van der Waals surface area contributed by atoms with E-state index in [4.69, 9.17) is 0 Å². The Morgan fingerprint density at radius 1 is 0.800 bits per heavy atom. The van der Waals surface area contributed by atoms with E-state index in [1.807, 2.05) is 42.5 Å². The first-order valence-corrected chi connectivity index (χ1v) is 6.78. The molecule has 1 atom stereocenters. The Labute approximate surface area is 118 Å². The lowest BCUT2D eigenvalue weighted by Crippen LogP contribution is -2.14. The molecule has 2 nitrogen and oxygen atoms in total. The van der Waals surface area contributed by atoms with Crippen molar-refractivity contribution in [2.45, 2.75) is 6.04 Å². The van der Waals surface area contributed by atoms with Crippen LogP contribution in [0.5, 0.6) is 0 Å². The number of benzene rings is 3. The molecule has 0 aromatic heterocycles. The van der Waals surface area contributed by atoms with Crippen molar-refractivity contribution < 1.29 is 5.11 Å². The fourth-order valence-corrected chi connectivity index (χ4v) is 2.39. The SMILES string of the molecule is OCC(Nc1ccccc1)c1ccc2ccccc2c1. The number of rotatable bonds is 4. The first-order chi connectivity index (χ1) is 9.86. The van der Waals surface area contributed by atoms with Gasteiger partial charge < -0.3 is 10.4 Å². The highest BCUT2D eigenvalue weighted by molar-refractivity contribution is 5.83. The molecule has 100 valence electrons. The molecule has 3 aromatic carbocycles. The quantitative estimate of drug-likeness (QED) is 0.746. The van der Waals surface area contributed by atoms with Crippen molar-refractivity contribution in [2.24, 2.45) is 0 Å². The van der Waals surface area contributed by atoms with Crippen LogP contribution in [0, 0.1) is 0 Å². The predicted octanol–water partition coefficient (Wildman–Crippen LogP) is 3.99. The highest BCUT2D eigenvalue weighted by atomic mass is 16.3. The minimum Gasteiger partial charge on any atom is -0.394 e. The second kappa shape index (κ2) is 5.76. The van der Waals surface area contributed by atoms with Crippen LogP contribution in [0.2, 0.25) is 0 Å². The van der Waals surface area contributed by atoms with E-state index in [0.29, 0.717) is 0 Å². The average Bonchev–Trinajstić information content (AvgIpc) is 2.53. The van der Waals surface area contributed by atoms with Crippen molar-refractivity contribution >= 4 is 16.5 Å². The lowest BCUT2D eigenvalue weighted by Gasteiger charge is -2.18. The largest absolute Gasteiger partial charge is 0.394 e. The van der Waals surface area contributed by atoms with Gasteiger partial charge in [0.15, 0.2) is 0 Å². The maximum Gasteiger partial charge on any atom is 0.0745 e. The van der Waals surface area contributed by atoms with Crippen LogP contribution in [0.15, 0.2) is 72.8 Å². The number of para-hydroxylation sites is 1. The van der Waals surface area contributed by atoms with Gasteiger partial charge in [0.1, 0.15) is 0 Å². The van der Waals surface area contributed by atoms with Gasteiger partial charge in [0, 0.05) is 5.69 Å². The zero-order chi connectivity index (χ0) is 13.8. The Kier molecular flexibility index (Phi) is 3.66. The summed E-state index contributed by atoms with van der Waals surface area (Å²) in [5.41, 5.74) is 2.11. The molecule has 0 aliphatic rings. The van der Waals surface area contributed by atoms with Crippen LogP contribution in [0.3, 0.4) is 0 Å². The summed E-state index contributed by atoms with van der Waals surface area (Å²) in [4.78, 5) is 0. The van der Waals surface area contributed by atoms with Crippen molar-refractivity contribution in [3.63, 3.8) is 0 Å². The van der Waals surface area contributed by atoms with Crippen molar-refractivity contribution in [1.29, 1.82) is 0 Å². The van der Waals surface area contributed by atoms with E-state index in [0.717, 1.165) is 11.3 Å². The van der Waals surface area contributed by atoms with Gasteiger partial charge in [0.25, 0.3) is 0 Å². The fourth-order valence-electron chi connectivity index (χ4n) is 2.39. The lowest BCUT2D eigenvalue weighted by atomic mass is 10.0. The van der Waals surface area contributed by atoms with Gasteiger partial charge in [-0.05, 0) is 34.5 Å². The molecule has 0 amide bonds. The predicted molar refractivity (Wildman–Crippen MR) is 83.8 cm³/mol. The lowest BCUT2D eigenvalue weighted by molar-refractivity contribution is 0.276. The van der Waals surface area contributed by atoms with Crippen molar-refractivity contribution in [3.8, 4) is 0 Å². The maximum absolute atomic E-state index is 9.65. The van der Waals surface area contributed by atoms with Crippen molar-refractivity contribution in [1.82, 2.24) is 0 Å². The van der Waals surface area contributed by atoms with E-state index in [1.165, 1.54) is 10.8 Å². The molecule has 0 radical (unpaired) electrons. The molecule has 3 rings (SSSR count). The number of nitrogens with one attached hydrogen (secondary N) is 1. The summed E-state index contributed by atoms with van der Waals surface area (Å²) >= 11 is 0. The zero-order valence-electron chi connectivity index (χ0n) is 11.2. The molecule has 2 N–H and O–H groups in total. The van der Waals surface area contributed by atoms with Gasteiger partial charge in [-0.15, -0.1) is 0 Å². The number of fused-ring (bicyclic) bond motifs is 1. The number of aliphatic hydroxyl groups is 1. The van der Waals surface area contributed by atoms with E-state index in [1.54, 1.807) is 0 Å². The second-order valence-electron chi connectivity index (χ2n) is 4.85. The van der Waals surface area contributed by atoms with Crippen LogP contribution in [-0.4, -0.2) is 11.7 Å². The zero-order valence-corrected chi connectivity index (χ0v) is 11.2. The van der Waals surface area contributed by atoms with Crippen LogP contribution in [0.1, 0.15) is 11.6 Å². The fraction of sp³-hybridized carbons (Fsp3) is 0.111. The highest BCUT2D eigenvalue weighted by Gasteiger charge is 2.10. The van der Waals surface area contributed by atoms with Gasteiger partial charge >= 0.3 is 0 Å². The molecular formula is C18H17NO. The summed E-state index contributed by atoms with van der Waals surface area (Å²) in [6.07, 6.45) is 0. The molecule has 0 saturated heterocycles. The molecule has 0 aliphatic carbocycles.